The Hall–Kier alpha value is -0.130. The van der Waals surface area contributed by atoms with E-state index in [1.807, 2.05) is 13.8 Å². The molecule has 0 saturated heterocycles. The molecule has 0 aliphatic heterocycles. The molecule has 2 unspecified atom stereocenters. The van der Waals surface area contributed by atoms with Crippen LogP contribution in [0.1, 0.15) is 26.7 Å². The number of unbranched alkanes of at least 4 members (excludes halogenated alkanes) is 1. The van der Waals surface area contributed by atoms with Crippen molar-refractivity contribution in [3.05, 3.63) is 0 Å². The molecule has 0 aromatic carbocycles. The maximum Gasteiger partial charge on any atom is 0.411 e. The van der Waals surface area contributed by atoms with Crippen LogP contribution in [0.2, 0.25) is 0 Å². The van der Waals surface area contributed by atoms with Crippen molar-refractivity contribution < 1.29 is 13.9 Å². The number of carbonyl (C=O) groups is 1. The van der Waals surface area contributed by atoms with E-state index in [-0.39, 0.29) is 0 Å². The summed E-state index contributed by atoms with van der Waals surface area (Å²) in [6, 6.07) is 0.533. The predicted molar refractivity (Wildman–Crippen MR) is 58.2 cm³/mol. The number of carbonyl (C=O) groups excluding carboxylic acids is 1. The first-order valence-electron chi connectivity index (χ1n) is 4.35. The van der Waals surface area contributed by atoms with Gasteiger partial charge in [0.25, 0.3) is 0 Å². The fourth-order valence-electron chi connectivity index (χ4n) is 0.367. The third kappa shape index (κ3) is 18.7. The van der Waals surface area contributed by atoms with Gasteiger partial charge in [-0.05, 0) is 13.3 Å². The molecule has 0 aromatic rings. The standard InChI is InChI=1S/C5H10O2P.C3H8OP/c1-2-3-4-8(7)5-6;1-3-5(2)4/h5H,2-4H2,1H3;3H2,1-2H3/q2*+1. The van der Waals surface area contributed by atoms with E-state index < -0.39 is 15.6 Å². The van der Waals surface area contributed by atoms with Gasteiger partial charge in [0.15, 0.2) is 6.16 Å². The summed E-state index contributed by atoms with van der Waals surface area (Å²) in [5, 5.41) is 0. The molecule has 2 atom stereocenters. The molecule has 5 heteroatoms. The number of hydrogen-bond acceptors (Lipinski definition) is 3. The summed E-state index contributed by atoms with van der Waals surface area (Å²) in [5.74, 6) is 0. The zero-order valence-electron chi connectivity index (χ0n) is 8.52. The molecule has 3 nitrogen and oxygen atoms in total. The normalized spacial score (nSPS) is 11.0. The van der Waals surface area contributed by atoms with Crippen molar-refractivity contribution in [2.24, 2.45) is 0 Å². The van der Waals surface area contributed by atoms with E-state index in [1.165, 1.54) is 0 Å². The van der Waals surface area contributed by atoms with E-state index in [2.05, 4.69) is 0 Å². The fourth-order valence-corrected chi connectivity index (χ4v) is 1.10. The van der Waals surface area contributed by atoms with Crippen molar-refractivity contribution in [3.8, 4) is 0 Å². The van der Waals surface area contributed by atoms with Gasteiger partial charge in [-0.1, -0.05) is 22.5 Å². The molecule has 0 aromatic heterocycles. The van der Waals surface area contributed by atoms with Crippen LogP contribution in [0.3, 0.4) is 0 Å². The lowest BCUT2D eigenvalue weighted by Crippen LogP contribution is -1.75. The molecule has 0 aliphatic rings. The summed E-state index contributed by atoms with van der Waals surface area (Å²) in [6.07, 6.45) is 3.29. The van der Waals surface area contributed by atoms with E-state index in [0.717, 1.165) is 19.0 Å². The van der Waals surface area contributed by atoms with Gasteiger partial charge in [0.05, 0.1) is 0 Å². The molecule has 0 N–H and O–H groups in total. The van der Waals surface area contributed by atoms with E-state index in [9.17, 15) is 13.9 Å². The van der Waals surface area contributed by atoms with Crippen LogP contribution >= 0.6 is 15.6 Å². The lowest BCUT2D eigenvalue weighted by atomic mass is 10.4. The second kappa shape index (κ2) is 11.9. The Morgan fingerprint density at radius 2 is 1.69 bits per heavy atom. The summed E-state index contributed by atoms with van der Waals surface area (Å²) in [5.41, 5.74) is 0. The Bertz CT molecular complexity index is 169. The van der Waals surface area contributed by atoms with Crippen LogP contribution in [0.4, 0.5) is 0 Å². The van der Waals surface area contributed by atoms with Crippen molar-refractivity contribution in [1.29, 1.82) is 0 Å². The Labute approximate surface area is 81.9 Å². The molecule has 0 bridgehead atoms. The Morgan fingerprint density at radius 3 is 1.92 bits per heavy atom. The summed E-state index contributed by atoms with van der Waals surface area (Å²) in [6.45, 7) is 5.65. The highest BCUT2D eigenvalue weighted by Gasteiger charge is 2.09. The van der Waals surface area contributed by atoms with Gasteiger partial charge in [0.2, 0.25) is 0 Å². The Morgan fingerprint density at radius 1 is 1.23 bits per heavy atom. The summed E-state index contributed by atoms with van der Waals surface area (Å²) < 4.78 is 20.3. The number of hydrogen-bond donors (Lipinski definition) is 0. The molecule has 0 radical (unpaired) electrons. The van der Waals surface area contributed by atoms with Gasteiger partial charge in [-0.15, -0.1) is 0 Å². The van der Waals surface area contributed by atoms with Crippen molar-refractivity contribution in [1.82, 2.24) is 0 Å². The lowest BCUT2D eigenvalue weighted by molar-refractivity contribution is 0.557. The molecule has 0 heterocycles. The SMILES string of the molecule is CCCC[P+](=O)C=O.CC[P+](C)=O. The molecular formula is C8H18O3P2+2. The maximum atomic E-state index is 10.4. The van der Waals surface area contributed by atoms with Crippen molar-refractivity contribution >= 4 is 21.6 Å². The van der Waals surface area contributed by atoms with Crippen LogP contribution in [0, 0.1) is 0 Å². The molecule has 0 spiro atoms. The van der Waals surface area contributed by atoms with Gasteiger partial charge in [0, 0.05) is 0 Å². The van der Waals surface area contributed by atoms with Crippen LogP contribution in [0.25, 0.3) is 0 Å². The molecule has 0 amide bonds. The smallest absolute Gasteiger partial charge is 0.244 e. The van der Waals surface area contributed by atoms with E-state index in [0.29, 0.717) is 12.2 Å². The van der Waals surface area contributed by atoms with E-state index in [4.69, 9.17) is 0 Å². The van der Waals surface area contributed by atoms with Gasteiger partial charge in [-0.25, -0.2) is 4.79 Å². The molecular weight excluding hydrogens is 206 g/mol. The molecule has 0 aliphatic carbocycles. The zero-order valence-corrected chi connectivity index (χ0v) is 10.3. The maximum absolute atomic E-state index is 10.4. The van der Waals surface area contributed by atoms with Crippen LogP contribution in [0.5, 0.6) is 0 Å². The highest BCUT2D eigenvalue weighted by molar-refractivity contribution is 7.60. The quantitative estimate of drug-likeness (QED) is 0.532. The molecule has 76 valence electrons. The Kier molecular flexibility index (Phi) is 14.0. The Balaban J connectivity index is 0. The highest BCUT2D eigenvalue weighted by atomic mass is 31.1. The molecule has 13 heavy (non-hydrogen) atoms. The van der Waals surface area contributed by atoms with Gasteiger partial charge in [-0.3, -0.25) is 0 Å². The van der Waals surface area contributed by atoms with Crippen LogP contribution in [-0.2, 0) is 13.9 Å². The van der Waals surface area contributed by atoms with Crippen LogP contribution < -0.4 is 0 Å². The monoisotopic (exact) mass is 224 g/mol. The third-order valence-electron chi connectivity index (χ3n) is 1.29. The zero-order chi connectivity index (χ0) is 10.7. The first-order valence-corrected chi connectivity index (χ1v) is 7.76. The average Bonchev–Trinajstić information content (AvgIpc) is 2.15. The van der Waals surface area contributed by atoms with Crippen molar-refractivity contribution in [3.63, 3.8) is 0 Å². The minimum absolute atomic E-state index is 0.533. The van der Waals surface area contributed by atoms with Gasteiger partial charge in [-0.2, -0.15) is 0 Å². The summed E-state index contributed by atoms with van der Waals surface area (Å²) in [4.78, 5) is 9.73. The summed E-state index contributed by atoms with van der Waals surface area (Å²) >= 11 is 0. The molecule has 0 saturated carbocycles. The topological polar surface area (TPSA) is 51.2 Å². The second-order valence-electron chi connectivity index (χ2n) is 2.54. The molecule has 0 rings (SSSR count). The minimum Gasteiger partial charge on any atom is -0.244 e. The summed E-state index contributed by atoms with van der Waals surface area (Å²) in [7, 11) is -2.36. The second-order valence-corrected chi connectivity index (χ2v) is 5.92. The van der Waals surface area contributed by atoms with Crippen molar-refractivity contribution in [2.45, 2.75) is 26.7 Å². The molecule has 0 fully saturated rings. The lowest BCUT2D eigenvalue weighted by Gasteiger charge is -1.76. The van der Waals surface area contributed by atoms with E-state index >= 15 is 0 Å². The third-order valence-corrected chi connectivity index (χ3v) is 3.18. The number of rotatable bonds is 5. The van der Waals surface area contributed by atoms with E-state index in [1.54, 1.807) is 6.66 Å². The highest BCUT2D eigenvalue weighted by Crippen LogP contribution is 2.16. The predicted octanol–water partition coefficient (Wildman–Crippen LogP) is 3.27. The van der Waals surface area contributed by atoms with Gasteiger partial charge >= 0.3 is 21.6 Å². The largest absolute Gasteiger partial charge is 0.411 e. The van der Waals surface area contributed by atoms with Gasteiger partial charge in [0.1, 0.15) is 12.8 Å². The average molecular weight is 224 g/mol. The van der Waals surface area contributed by atoms with Crippen LogP contribution in [0.15, 0.2) is 0 Å². The first kappa shape index (κ1) is 15.3. The van der Waals surface area contributed by atoms with Crippen LogP contribution in [-0.4, -0.2) is 25.0 Å². The van der Waals surface area contributed by atoms with Crippen molar-refractivity contribution in [2.75, 3.05) is 19.0 Å². The minimum atomic E-state index is -1.51. The van der Waals surface area contributed by atoms with Gasteiger partial charge < -0.3 is 0 Å². The fraction of sp³-hybridized carbons (Fsp3) is 0.875. The first-order chi connectivity index (χ1) is 6.08.